The first-order chi connectivity index (χ1) is 14.8. The zero-order valence-electron chi connectivity index (χ0n) is 17.0. The SMILES string of the molecule is CC1CCCCN1S(=O)(=O)c1ccc(C(=O)OCN2C(=O)c3ccccc3C2=O)cc1. The van der Waals surface area contributed by atoms with Gasteiger partial charge in [-0.2, -0.15) is 4.31 Å². The molecule has 2 heterocycles. The van der Waals surface area contributed by atoms with Crippen molar-refractivity contribution < 1.29 is 27.5 Å². The van der Waals surface area contributed by atoms with Crippen LogP contribution in [0.4, 0.5) is 0 Å². The van der Waals surface area contributed by atoms with Crippen LogP contribution in [0, 0.1) is 0 Å². The number of hydrogen-bond donors (Lipinski definition) is 0. The minimum absolute atomic E-state index is 0.0666. The van der Waals surface area contributed by atoms with Crippen LogP contribution in [0.5, 0.6) is 0 Å². The van der Waals surface area contributed by atoms with E-state index in [1.807, 2.05) is 6.92 Å². The summed E-state index contributed by atoms with van der Waals surface area (Å²) in [5.74, 6) is -1.80. The normalized spacial score (nSPS) is 19.4. The lowest BCUT2D eigenvalue weighted by atomic mass is 10.1. The van der Waals surface area contributed by atoms with Gasteiger partial charge in [0, 0.05) is 12.6 Å². The highest BCUT2D eigenvalue weighted by molar-refractivity contribution is 7.89. The molecule has 1 saturated heterocycles. The summed E-state index contributed by atoms with van der Waals surface area (Å²) in [7, 11) is -3.64. The van der Waals surface area contributed by atoms with E-state index in [0.29, 0.717) is 6.54 Å². The fourth-order valence-electron chi connectivity index (χ4n) is 3.89. The first-order valence-corrected chi connectivity index (χ1v) is 11.5. The summed E-state index contributed by atoms with van der Waals surface area (Å²) < 4.78 is 32.4. The highest BCUT2D eigenvalue weighted by Gasteiger charge is 2.36. The van der Waals surface area contributed by atoms with Gasteiger partial charge >= 0.3 is 5.97 Å². The van der Waals surface area contributed by atoms with E-state index in [9.17, 15) is 22.8 Å². The molecule has 0 saturated carbocycles. The lowest BCUT2D eigenvalue weighted by Gasteiger charge is -2.32. The molecule has 2 amide bonds. The number of carbonyl (C=O) groups is 3. The van der Waals surface area contributed by atoms with Gasteiger partial charge in [-0.15, -0.1) is 0 Å². The second-order valence-electron chi connectivity index (χ2n) is 7.63. The van der Waals surface area contributed by atoms with Crippen molar-refractivity contribution in [2.75, 3.05) is 13.3 Å². The molecule has 2 aromatic rings. The van der Waals surface area contributed by atoms with Gasteiger partial charge < -0.3 is 4.74 Å². The summed E-state index contributed by atoms with van der Waals surface area (Å²) in [5, 5.41) is 0. The lowest BCUT2D eigenvalue weighted by molar-refractivity contribution is 0.0228. The molecule has 1 fully saturated rings. The van der Waals surface area contributed by atoms with Crippen LogP contribution in [-0.4, -0.2) is 54.7 Å². The summed E-state index contributed by atoms with van der Waals surface area (Å²) in [6.45, 7) is 1.85. The van der Waals surface area contributed by atoms with E-state index in [0.717, 1.165) is 24.2 Å². The maximum atomic E-state index is 12.9. The Labute approximate surface area is 180 Å². The summed E-state index contributed by atoms with van der Waals surface area (Å²) in [6, 6.07) is 11.8. The lowest BCUT2D eigenvalue weighted by Crippen LogP contribution is -2.41. The van der Waals surface area contributed by atoms with Gasteiger partial charge in [0.2, 0.25) is 10.0 Å². The number of rotatable bonds is 5. The number of nitrogens with zero attached hydrogens (tertiary/aromatic N) is 2. The van der Waals surface area contributed by atoms with E-state index in [1.165, 1.54) is 28.6 Å². The fourth-order valence-corrected chi connectivity index (χ4v) is 5.59. The molecule has 8 nitrogen and oxygen atoms in total. The van der Waals surface area contributed by atoms with Crippen molar-refractivity contribution >= 4 is 27.8 Å². The smallest absolute Gasteiger partial charge is 0.339 e. The van der Waals surface area contributed by atoms with Gasteiger partial charge in [0.25, 0.3) is 11.8 Å². The van der Waals surface area contributed by atoms with Crippen LogP contribution in [0.25, 0.3) is 0 Å². The molecule has 0 aliphatic carbocycles. The van der Waals surface area contributed by atoms with Crippen molar-refractivity contribution in [1.29, 1.82) is 0 Å². The fraction of sp³-hybridized carbons (Fsp3) is 0.318. The molecule has 2 aromatic carbocycles. The molecule has 9 heteroatoms. The monoisotopic (exact) mass is 442 g/mol. The number of carbonyl (C=O) groups excluding carboxylic acids is 3. The first-order valence-electron chi connectivity index (χ1n) is 10.0. The van der Waals surface area contributed by atoms with Crippen molar-refractivity contribution in [1.82, 2.24) is 9.21 Å². The Morgan fingerprint density at radius 3 is 2.19 bits per heavy atom. The molecule has 0 spiro atoms. The van der Waals surface area contributed by atoms with Crippen LogP contribution < -0.4 is 0 Å². The minimum Gasteiger partial charge on any atom is -0.440 e. The molecule has 31 heavy (non-hydrogen) atoms. The molecular formula is C22H22N2O6S. The zero-order valence-corrected chi connectivity index (χ0v) is 17.8. The second-order valence-corrected chi connectivity index (χ2v) is 9.52. The van der Waals surface area contributed by atoms with Gasteiger partial charge in [-0.3, -0.25) is 9.59 Å². The Bertz CT molecular complexity index is 1110. The van der Waals surface area contributed by atoms with Crippen LogP contribution in [0.3, 0.4) is 0 Å². The maximum absolute atomic E-state index is 12.9. The van der Waals surface area contributed by atoms with Gasteiger partial charge in [0.05, 0.1) is 21.6 Å². The van der Waals surface area contributed by atoms with E-state index in [1.54, 1.807) is 24.3 Å². The maximum Gasteiger partial charge on any atom is 0.339 e. The van der Waals surface area contributed by atoms with Crippen LogP contribution in [0.15, 0.2) is 53.4 Å². The first kappa shape index (κ1) is 21.2. The van der Waals surface area contributed by atoms with E-state index in [-0.39, 0.29) is 27.6 Å². The molecule has 4 rings (SSSR count). The van der Waals surface area contributed by atoms with E-state index >= 15 is 0 Å². The quantitative estimate of drug-likeness (QED) is 0.521. The highest BCUT2D eigenvalue weighted by atomic mass is 32.2. The summed E-state index contributed by atoms with van der Waals surface area (Å²) in [6.07, 6.45) is 2.65. The highest BCUT2D eigenvalue weighted by Crippen LogP contribution is 2.26. The van der Waals surface area contributed by atoms with Gasteiger partial charge in [-0.05, 0) is 56.2 Å². The molecule has 1 unspecified atom stereocenters. The Kier molecular flexibility index (Phi) is 5.63. The molecule has 0 radical (unpaired) electrons. The Morgan fingerprint density at radius 1 is 1.00 bits per heavy atom. The van der Waals surface area contributed by atoms with Crippen LogP contribution in [-0.2, 0) is 14.8 Å². The number of amides is 2. The third-order valence-electron chi connectivity index (χ3n) is 5.64. The van der Waals surface area contributed by atoms with E-state index in [4.69, 9.17) is 4.74 Å². The number of esters is 1. The average Bonchev–Trinajstić information content (AvgIpc) is 3.02. The number of hydrogen-bond acceptors (Lipinski definition) is 6. The van der Waals surface area contributed by atoms with Crippen LogP contribution in [0.1, 0.15) is 57.3 Å². The topological polar surface area (TPSA) is 101 Å². The average molecular weight is 442 g/mol. The second kappa shape index (κ2) is 8.24. The molecule has 2 aliphatic heterocycles. The van der Waals surface area contributed by atoms with Gasteiger partial charge in [-0.25, -0.2) is 18.1 Å². The van der Waals surface area contributed by atoms with Crippen LogP contribution >= 0.6 is 0 Å². The summed E-state index contributed by atoms with van der Waals surface area (Å²) in [5.41, 5.74) is 0.664. The van der Waals surface area contributed by atoms with Crippen molar-refractivity contribution in [2.24, 2.45) is 0 Å². The van der Waals surface area contributed by atoms with Crippen LogP contribution in [0.2, 0.25) is 0 Å². The summed E-state index contributed by atoms with van der Waals surface area (Å²) >= 11 is 0. The van der Waals surface area contributed by atoms with Crippen molar-refractivity contribution in [3.63, 3.8) is 0 Å². The largest absolute Gasteiger partial charge is 0.440 e. The number of fused-ring (bicyclic) bond motifs is 1. The molecular weight excluding hydrogens is 420 g/mol. The van der Waals surface area contributed by atoms with Crippen molar-refractivity contribution in [2.45, 2.75) is 37.1 Å². The van der Waals surface area contributed by atoms with E-state index in [2.05, 4.69) is 0 Å². The minimum atomic E-state index is -3.64. The van der Waals surface area contributed by atoms with E-state index < -0.39 is 34.5 Å². The third-order valence-corrected chi connectivity index (χ3v) is 7.67. The van der Waals surface area contributed by atoms with Gasteiger partial charge in [-0.1, -0.05) is 18.6 Å². The molecule has 0 N–H and O–H groups in total. The molecule has 2 aliphatic rings. The molecule has 0 bridgehead atoms. The standard InChI is InChI=1S/C22H22N2O6S/c1-15-6-4-5-13-24(15)31(28,29)17-11-9-16(10-12-17)22(27)30-14-23-20(25)18-7-2-3-8-19(18)21(23)26/h2-3,7-12,15H,4-6,13-14H2,1H3. The zero-order chi connectivity index (χ0) is 22.2. The predicted molar refractivity (Wildman–Crippen MR) is 111 cm³/mol. The predicted octanol–water partition coefficient (Wildman–Crippen LogP) is 2.66. The number of ether oxygens (including phenoxy) is 1. The molecule has 1 atom stereocenters. The molecule has 162 valence electrons. The van der Waals surface area contributed by atoms with Crippen molar-refractivity contribution in [3.8, 4) is 0 Å². The number of benzene rings is 2. The number of sulfonamides is 1. The van der Waals surface area contributed by atoms with Gasteiger partial charge in [0.1, 0.15) is 0 Å². The van der Waals surface area contributed by atoms with Gasteiger partial charge in [0.15, 0.2) is 6.73 Å². The molecule has 0 aromatic heterocycles. The number of imide groups is 1. The van der Waals surface area contributed by atoms with Crippen molar-refractivity contribution in [3.05, 3.63) is 65.2 Å². The summed E-state index contributed by atoms with van der Waals surface area (Å²) in [4.78, 5) is 38.0. The number of piperidine rings is 1. The Morgan fingerprint density at radius 2 is 1.61 bits per heavy atom. The third kappa shape index (κ3) is 3.86. The Hall–Kier alpha value is -3.04. The Balaban J connectivity index is 1.42.